The Morgan fingerprint density at radius 2 is 2.31 bits per heavy atom. The highest BCUT2D eigenvalue weighted by atomic mass is 32.2. The van der Waals surface area contributed by atoms with Gasteiger partial charge in [0.15, 0.2) is 0 Å². The fraction of sp³-hybridized carbons (Fsp3) is 0.500. The summed E-state index contributed by atoms with van der Waals surface area (Å²) in [4.78, 5) is 1.08. The molecule has 2 atom stereocenters. The molecule has 1 aromatic rings. The van der Waals surface area contributed by atoms with E-state index in [-0.39, 0.29) is 0 Å². The lowest BCUT2D eigenvalue weighted by atomic mass is 10.2. The molecule has 2 unspecified atom stereocenters. The van der Waals surface area contributed by atoms with Crippen molar-refractivity contribution in [3.8, 4) is 5.75 Å². The first kappa shape index (κ1) is 11.6. The summed E-state index contributed by atoms with van der Waals surface area (Å²) in [5, 5.41) is 0.495. The van der Waals surface area contributed by atoms with Gasteiger partial charge in [0, 0.05) is 16.8 Å². The minimum absolute atomic E-state index is 0.301. The summed E-state index contributed by atoms with van der Waals surface area (Å²) in [7, 11) is 1.64. The van der Waals surface area contributed by atoms with Crippen LogP contribution in [0.2, 0.25) is 0 Å². The van der Waals surface area contributed by atoms with Crippen LogP contribution in [0.15, 0.2) is 23.1 Å². The van der Waals surface area contributed by atoms with Crippen molar-refractivity contribution in [3.63, 3.8) is 0 Å². The Balaban J connectivity index is 2.14. The van der Waals surface area contributed by atoms with Crippen molar-refractivity contribution >= 4 is 17.4 Å². The van der Waals surface area contributed by atoms with Crippen LogP contribution in [0.4, 0.5) is 5.69 Å². The van der Waals surface area contributed by atoms with Crippen LogP contribution in [0.1, 0.15) is 13.3 Å². The van der Waals surface area contributed by atoms with Gasteiger partial charge >= 0.3 is 0 Å². The lowest BCUT2D eigenvalue weighted by Crippen LogP contribution is -2.13. The number of hydrogen-bond acceptors (Lipinski definition) is 4. The van der Waals surface area contributed by atoms with E-state index in [4.69, 9.17) is 15.2 Å². The standard InChI is InChI=1S/C12H17NO2S/c1-8-10(6-7-15-8)16-11-5-3-4-9(14-2)12(11)13/h3-5,8,10H,6-7,13H2,1-2H3. The molecule has 88 valence electrons. The number of methoxy groups -OCH3 is 1. The van der Waals surface area contributed by atoms with E-state index in [2.05, 4.69) is 6.92 Å². The lowest BCUT2D eigenvalue weighted by Gasteiger charge is -2.15. The molecule has 0 saturated carbocycles. The van der Waals surface area contributed by atoms with E-state index in [0.29, 0.717) is 11.4 Å². The van der Waals surface area contributed by atoms with Crippen LogP contribution in [0.3, 0.4) is 0 Å². The highest BCUT2D eigenvalue weighted by molar-refractivity contribution is 8.00. The monoisotopic (exact) mass is 239 g/mol. The molecule has 2 rings (SSSR count). The quantitative estimate of drug-likeness (QED) is 0.823. The molecule has 16 heavy (non-hydrogen) atoms. The minimum atomic E-state index is 0.301. The van der Waals surface area contributed by atoms with Crippen molar-refractivity contribution in [1.82, 2.24) is 0 Å². The van der Waals surface area contributed by atoms with Gasteiger partial charge in [-0.3, -0.25) is 0 Å². The third-order valence-corrected chi connectivity index (χ3v) is 4.36. The molecule has 2 N–H and O–H groups in total. The zero-order valence-electron chi connectivity index (χ0n) is 9.60. The fourth-order valence-corrected chi connectivity index (χ4v) is 3.03. The average molecular weight is 239 g/mol. The number of para-hydroxylation sites is 1. The Morgan fingerprint density at radius 1 is 1.50 bits per heavy atom. The molecule has 1 aliphatic heterocycles. The van der Waals surface area contributed by atoms with Crippen molar-refractivity contribution in [1.29, 1.82) is 0 Å². The third-order valence-electron chi connectivity index (χ3n) is 2.83. The normalized spacial score (nSPS) is 24.6. The SMILES string of the molecule is COc1cccc(SC2CCOC2C)c1N. The van der Waals surface area contributed by atoms with Crippen molar-refractivity contribution in [2.24, 2.45) is 0 Å². The van der Waals surface area contributed by atoms with Crippen LogP contribution >= 0.6 is 11.8 Å². The molecule has 4 heteroatoms. The van der Waals surface area contributed by atoms with Crippen molar-refractivity contribution < 1.29 is 9.47 Å². The maximum atomic E-state index is 6.03. The Kier molecular flexibility index (Phi) is 3.61. The lowest BCUT2D eigenvalue weighted by molar-refractivity contribution is 0.127. The number of rotatable bonds is 3. The molecule has 0 amide bonds. The molecular formula is C12H17NO2S. The van der Waals surface area contributed by atoms with Crippen molar-refractivity contribution in [2.75, 3.05) is 19.5 Å². The molecule has 1 aliphatic rings. The molecule has 1 aromatic carbocycles. The van der Waals surface area contributed by atoms with Crippen LogP contribution < -0.4 is 10.5 Å². The number of nitrogen functional groups attached to an aromatic ring is 1. The van der Waals surface area contributed by atoms with Crippen molar-refractivity contribution in [2.45, 2.75) is 29.6 Å². The second-order valence-electron chi connectivity index (χ2n) is 3.89. The number of nitrogens with two attached hydrogens (primary N) is 1. The summed E-state index contributed by atoms with van der Waals surface area (Å²) in [6.07, 6.45) is 1.39. The number of benzene rings is 1. The largest absolute Gasteiger partial charge is 0.495 e. The van der Waals surface area contributed by atoms with Gasteiger partial charge < -0.3 is 15.2 Å². The Labute approximate surface area is 100 Å². The summed E-state index contributed by atoms with van der Waals surface area (Å²) in [5.41, 5.74) is 6.76. The van der Waals surface area contributed by atoms with Crippen LogP contribution in [-0.2, 0) is 4.74 Å². The van der Waals surface area contributed by atoms with E-state index in [9.17, 15) is 0 Å². The molecule has 0 radical (unpaired) electrons. The Bertz CT molecular complexity index is 370. The van der Waals surface area contributed by atoms with Gasteiger partial charge in [-0.2, -0.15) is 0 Å². The summed E-state index contributed by atoms with van der Waals surface area (Å²) in [6, 6.07) is 5.89. The number of thioether (sulfide) groups is 1. The summed E-state index contributed by atoms with van der Waals surface area (Å²) < 4.78 is 10.7. The van der Waals surface area contributed by atoms with Crippen LogP contribution in [0, 0.1) is 0 Å². The van der Waals surface area contributed by atoms with Gasteiger partial charge in [-0.25, -0.2) is 0 Å². The van der Waals surface area contributed by atoms with Crippen LogP contribution in [0.25, 0.3) is 0 Å². The van der Waals surface area contributed by atoms with Gasteiger partial charge in [0.1, 0.15) is 5.75 Å². The third kappa shape index (κ3) is 2.28. The predicted molar refractivity (Wildman–Crippen MR) is 67.1 cm³/mol. The topological polar surface area (TPSA) is 44.5 Å². The smallest absolute Gasteiger partial charge is 0.142 e. The maximum Gasteiger partial charge on any atom is 0.142 e. The first-order valence-corrected chi connectivity index (χ1v) is 6.31. The highest BCUT2D eigenvalue weighted by Crippen LogP contribution is 2.38. The Morgan fingerprint density at radius 3 is 2.94 bits per heavy atom. The van der Waals surface area contributed by atoms with Gasteiger partial charge in [0.2, 0.25) is 0 Å². The van der Waals surface area contributed by atoms with Gasteiger partial charge in [0.25, 0.3) is 0 Å². The molecule has 1 fully saturated rings. The van der Waals surface area contributed by atoms with E-state index in [0.717, 1.165) is 29.4 Å². The first-order chi connectivity index (χ1) is 7.72. The molecule has 1 saturated heterocycles. The zero-order valence-corrected chi connectivity index (χ0v) is 10.4. The minimum Gasteiger partial charge on any atom is -0.495 e. The zero-order chi connectivity index (χ0) is 11.5. The van der Waals surface area contributed by atoms with Crippen molar-refractivity contribution in [3.05, 3.63) is 18.2 Å². The van der Waals surface area contributed by atoms with E-state index < -0.39 is 0 Å². The molecule has 0 aliphatic carbocycles. The average Bonchev–Trinajstić information content (AvgIpc) is 2.68. The van der Waals surface area contributed by atoms with E-state index >= 15 is 0 Å². The molecule has 0 bridgehead atoms. The second-order valence-corrected chi connectivity index (χ2v) is 5.17. The number of anilines is 1. The first-order valence-electron chi connectivity index (χ1n) is 5.43. The summed E-state index contributed by atoms with van der Waals surface area (Å²) >= 11 is 1.79. The highest BCUT2D eigenvalue weighted by Gasteiger charge is 2.26. The van der Waals surface area contributed by atoms with Gasteiger partial charge in [-0.1, -0.05) is 6.07 Å². The molecule has 0 aromatic heterocycles. The van der Waals surface area contributed by atoms with Gasteiger partial charge in [0.05, 0.1) is 18.9 Å². The van der Waals surface area contributed by atoms with Gasteiger partial charge in [-0.15, -0.1) is 11.8 Å². The molecule has 0 spiro atoms. The van der Waals surface area contributed by atoms with Crippen LogP contribution in [0.5, 0.6) is 5.75 Å². The van der Waals surface area contributed by atoms with E-state index in [1.54, 1.807) is 18.9 Å². The second kappa shape index (κ2) is 4.97. The van der Waals surface area contributed by atoms with E-state index in [1.807, 2.05) is 18.2 Å². The Hall–Kier alpha value is -0.870. The number of ether oxygens (including phenoxy) is 2. The number of hydrogen-bond donors (Lipinski definition) is 1. The summed E-state index contributed by atoms with van der Waals surface area (Å²) in [5.74, 6) is 0.747. The summed E-state index contributed by atoms with van der Waals surface area (Å²) in [6.45, 7) is 2.96. The van der Waals surface area contributed by atoms with Gasteiger partial charge in [-0.05, 0) is 25.5 Å². The fourth-order valence-electron chi connectivity index (χ4n) is 1.83. The molecular weight excluding hydrogens is 222 g/mol. The van der Waals surface area contributed by atoms with Crippen LogP contribution in [-0.4, -0.2) is 25.1 Å². The predicted octanol–water partition coefficient (Wildman–Crippen LogP) is 2.55. The maximum absolute atomic E-state index is 6.03. The molecule has 3 nitrogen and oxygen atoms in total. The van der Waals surface area contributed by atoms with E-state index in [1.165, 1.54) is 0 Å². The molecule has 1 heterocycles.